The van der Waals surface area contributed by atoms with E-state index in [0.717, 1.165) is 10.9 Å². The quantitative estimate of drug-likeness (QED) is 0.925. The number of benzene rings is 1. The van der Waals surface area contributed by atoms with Crippen LogP contribution in [0.4, 0.5) is 5.69 Å². The largest absolute Gasteiger partial charge is 0.323 e. The van der Waals surface area contributed by atoms with E-state index in [4.69, 9.17) is 0 Å². The Bertz CT molecular complexity index is 800. The molecule has 2 heterocycles. The van der Waals surface area contributed by atoms with Crippen LogP contribution in [0.1, 0.15) is 6.42 Å². The van der Waals surface area contributed by atoms with Gasteiger partial charge in [-0.1, -0.05) is 18.2 Å². The van der Waals surface area contributed by atoms with Gasteiger partial charge < -0.3 is 5.32 Å². The molecule has 1 aliphatic heterocycles. The molecular weight excluding hydrogens is 320 g/mol. The molecule has 0 saturated carbocycles. The number of carbonyl (C=O) groups excluding carboxylic acids is 1. The highest BCUT2D eigenvalue weighted by molar-refractivity contribution is 8.02. The molecule has 5 nitrogen and oxygen atoms in total. The zero-order valence-corrected chi connectivity index (χ0v) is 13.5. The number of thioether (sulfide) groups is 1. The van der Waals surface area contributed by atoms with Crippen LogP contribution >= 0.6 is 11.8 Å². The molecule has 1 unspecified atom stereocenters. The van der Waals surface area contributed by atoms with Gasteiger partial charge in [0.25, 0.3) is 0 Å². The number of pyridine rings is 1. The molecule has 1 aliphatic rings. The molecule has 1 saturated heterocycles. The zero-order valence-electron chi connectivity index (χ0n) is 11.9. The maximum atomic E-state index is 12.1. The van der Waals surface area contributed by atoms with Crippen molar-refractivity contribution in [2.75, 3.05) is 22.6 Å². The van der Waals surface area contributed by atoms with Gasteiger partial charge in [-0.25, -0.2) is 8.42 Å². The number of para-hydroxylation sites is 1. The molecule has 0 radical (unpaired) electrons. The number of carbonyl (C=O) groups is 1. The van der Waals surface area contributed by atoms with Crippen LogP contribution in [-0.4, -0.2) is 41.8 Å². The van der Waals surface area contributed by atoms with Gasteiger partial charge in [0, 0.05) is 16.8 Å². The van der Waals surface area contributed by atoms with E-state index in [-0.39, 0.29) is 28.4 Å². The van der Waals surface area contributed by atoms with E-state index in [9.17, 15) is 13.2 Å². The average Bonchev–Trinajstić information content (AvgIpc) is 2.85. The summed E-state index contributed by atoms with van der Waals surface area (Å²) in [7, 11) is -2.89. The highest BCUT2D eigenvalue weighted by Gasteiger charge is 2.28. The van der Waals surface area contributed by atoms with Crippen molar-refractivity contribution in [2.45, 2.75) is 11.7 Å². The van der Waals surface area contributed by atoms with Crippen LogP contribution in [0.2, 0.25) is 0 Å². The predicted molar refractivity (Wildman–Crippen MR) is 89.9 cm³/mol. The number of rotatable bonds is 4. The summed E-state index contributed by atoms with van der Waals surface area (Å²) < 4.78 is 22.8. The molecular formula is C15H16N2O3S2. The second-order valence-corrected chi connectivity index (χ2v) is 8.78. The Balaban J connectivity index is 1.62. The second-order valence-electron chi connectivity index (χ2n) is 5.26. The lowest BCUT2D eigenvalue weighted by Gasteiger charge is -2.09. The summed E-state index contributed by atoms with van der Waals surface area (Å²) in [6, 6.07) is 9.42. The Kier molecular flexibility index (Phi) is 4.35. The van der Waals surface area contributed by atoms with Crippen molar-refractivity contribution in [3.8, 4) is 0 Å². The van der Waals surface area contributed by atoms with Crippen molar-refractivity contribution in [1.29, 1.82) is 0 Å². The van der Waals surface area contributed by atoms with Gasteiger partial charge in [0.15, 0.2) is 9.84 Å². The van der Waals surface area contributed by atoms with Crippen LogP contribution in [0.15, 0.2) is 36.5 Å². The Morgan fingerprint density at radius 1 is 1.32 bits per heavy atom. The van der Waals surface area contributed by atoms with Gasteiger partial charge in [0.1, 0.15) is 0 Å². The first-order valence-corrected chi connectivity index (χ1v) is 9.86. The number of aromatic nitrogens is 1. The van der Waals surface area contributed by atoms with Crippen molar-refractivity contribution in [3.63, 3.8) is 0 Å². The maximum Gasteiger partial charge on any atom is 0.234 e. The molecule has 3 rings (SSSR count). The number of nitrogens with zero attached hydrogens (tertiary/aromatic N) is 1. The molecule has 0 spiro atoms. The minimum Gasteiger partial charge on any atom is -0.323 e. The standard InChI is InChI=1S/C15H16N2O3S2/c18-14(9-21-12-6-8-22(19,20)10-12)17-13-5-1-3-11-4-2-7-16-15(11)13/h1-5,7,12H,6,8-10H2,(H,17,18). The predicted octanol–water partition coefficient (Wildman–Crippen LogP) is 2.09. The molecule has 1 aromatic heterocycles. The fourth-order valence-electron chi connectivity index (χ4n) is 2.48. The molecule has 1 N–H and O–H groups in total. The fraction of sp³-hybridized carbons (Fsp3) is 0.333. The van der Waals surface area contributed by atoms with E-state index in [1.807, 2.05) is 30.3 Å². The smallest absolute Gasteiger partial charge is 0.234 e. The monoisotopic (exact) mass is 336 g/mol. The van der Waals surface area contributed by atoms with Crippen molar-refractivity contribution in [1.82, 2.24) is 4.98 Å². The van der Waals surface area contributed by atoms with Crippen molar-refractivity contribution >= 4 is 44.1 Å². The average molecular weight is 336 g/mol. The van der Waals surface area contributed by atoms with E-state index < -0.39 is 9.84 Å². The number of sulfone groups is 1. The summed E-state index contributed by atoms with van der Waals surface area (Å²) in [6.45, 7) is 0. The van der Waals surface area contributed by atoms with Crippen LogP contribution in [0.25, 0.3) is 10.9 Å². The van der Waals surface area contributed by atoms with Crippen molar-refractivity contribution < 1.29 is 13.2 Å². The molecule has 2 aromatic rings. The van der Waals surface area contributed by atoms with E-state index in [1.165, 1.54) is 11.8 Å². The molecule has 22 heavy (non-hydrogen) atoms. The number of hydrogen-bond acceptors (Lipinski definition) is 5. The Hall–Kier alpha value is -1.60. The first-order valence-electron chi connectivity index (χ1n) is 6.99. The van der Waals surface area contributed by atoms with Gasteiger partial charge in [0.2, 0.25) is 5.91 Å². The normalized spacial score (nSPS) is 20.1. The second kappa shape index (κ2) is 6.26. The third-order valence-corrected chi connectivity index (χ3v) is 6.83. The number of nitrogens with one attached hydrogen (secondary N) is 1. The van der Waals surface area contributed by atoms with E-state index in [1.54, 1.807) is 6.20 Å². The Labute approximate surface area is 133 Å². The number of anilines is 1. The number of amides is 1. The van der Waals surface area contributed by atoms with Crippen LogP contribution in [0.5, 0.6) is 0 Å². The highest BCUT2D eigenvalue weighted by Crippen LogP contribution is 2.25. The number of hydrogen-bond donors (Lipinski definition) is 1. The van der Waals surface area contributed by atoms with E-state index in [0.29, 0.717) is 12.1 Å². The van der Waals surface area contributed by atoms with Crippen LogP contribution < -0.4 is 5.32 Å². The molecule has 7 heteroatoms. The SMILES string of the molecule is O=C(CSC1CCS(=O)(=O)C1)Nc1cccc2cccnc12. The van der Waals surface area contributed by atoms with E-state index >= 15 is 0 Å². The maximum absolute atomic E-state index is 12.1. The summed E-state index contributed by atoms with van der Waals surface area (Å²) in [4.78, 5) is 16.4. The van der Waals surface area contributed by atoms with Gasteiger partial charge in [-0.15, -0.1) is 11.8 Å². The molecule has 1 aromatic carbocycles. The number of fused-ring (bicyclic) bond motifs is 1. The Morgan fingerprint density at radius 3 is 2.91 bits per heavy atom. The molecule has 0 aliphatic carbocycles. The van der Waals surface area contributed by atoms with Gasteiger partial charge in [-0.3, -0.25) is 9.78 Å². The lowest BCUT2D eigenvalue weighted by atomic mass is 10.2. The van der Waals surface area contributed by atoms with Gasteiger partial charge >= 0.3 is 0 Å². The summed E-state index contributed by atoms with van der Waals surface area (Å²) in [5.41, 5.74) is 1.44. The molecule has 1 amide bonds. The lowest BCUT2D eigenvalue weighted by molar-refractivity contribution is -0.113. The van der Waals surface area contributed by atoms with Crippen LogP contribution in [0, 0.1) is 0 Å². The molecule has 1 fully saturated rings. The van der Waals surface area contributed by atoms with Crippen molar-refractivity contribution in [2.24, 2.45) is 0 Å². The fourth-order valence-corrected chi connectivity index (χ4v) is 5.92. The molecule has 0 bridgehead atoms. The molecule has 1 atom stereocenters. The topological polar surface area (TPSA) is 76.1 Å². The Morgan fingerprint density at radius 2 is 2.14 bits per heavy atom. The van der Waals surface area contributed by atoms with Gasteiger partial charge in [-0.2, -0.15) is 0 Å². The van der Waals surface area contributed by atoms with Gasteiger partial charge in [-0.05, 0) is 18.6 Å². The zero-order chi connectivity index (χ0) is 15.6. The summed E-state index contributed by atoms with van der Waals surface area (Å²) in [6.07, 6.45) is 2.33. The molecule has 116 valence electrons. The minimum absolute atomic E-state index is 0.0291. The van der Waals surface area contributed by atoms with E-state index in [2.05, 4.69) is 10.3 Å². The van der Waals surface area contributed by atoms with Crippen LogP contribution in [-0.2, 0) is 14.6 Å². The highest BCUT2D eigenvalue weighted by atomic mass is 32.2. The van der Waals surface area contributed by atoms with Crippen molar-refractivity contribution in [3.05, 3.63) is 36.5 Å². The third kappa shape index (κ3) is 3.59. The first kappa shape index (κ1) is 15.3. The summed E-state index contributed by atoms with van der Waals surface area (Å²) in [5.74, 6) is 0.538. The lowest BCUT2D eigenvalue weighted by Crippen LogP contribution is -2.17. The summed E-state index contributed by atoms with van der Waals surface area (Å²) >= 11 is 1.41. The van der Waals surface area contributed by atoms with Gasteiger partial charge in [0.05, 0.1) is 28.5 Å². The van der Waals surface area contributed by atoms with Crippen LogP contribution in [0.3, 0.4) is 0 Å². The third-order valence-electron chi connectivity index (χ3n) is 3.55. The first-order chi connectivity index (χ1) is 10.5. The summed E-state index contributed by atoms with van der Waals surface area (Å²) in [5, 5.41) is 3.85. The minimum atomic E-state index is -2.89.